The molecule has 5 rings (SSSR count). The quantitative estimate of drug-likeness (QED) is 0.389. The summed E-state index contributed by atoms with van der Waals surface area (Å²) in [5, 5.41) is 2.91. The lowest BCUT2D eigenvalue weighted by atomic mass is 10.0. The maximum Gasteiger partial charge on any atom is 0.144 e. The SMILES string of the molecule is [2H]C([2H])([2H])c1ccc(-c2cccc3c2oc2c4ccnc(C([2H])([2H])[2H])c4ccc32)nc1. The molecule has 0 aliphatic carbocycles. The van der Waals surface area contributed by atoms with Crippen molar-refractivity contribution in [1.29, 1.82) is 0 Å². The van der Waals surface area contributed by atoms with Gasteiger partial charge < -0.3 is 4.42 Å². The number of benzene rings is 2. The standard InChI is InChI=1S/C22H16N2O/c1-13-6-9-20(24-12-13)19-5-3-4-16-17-8-7-15-14(2)23-11-10-18(15)21(17)25-22(16)19/h3-12H,1-2H3/i1D3,2D3. The molecule has 3 aromatic heterocycles. The molecule has 3 heterocycles. The van der Waals surface area contributed by atoms with Crippen LogP contribution in [0, 0.1) is 13.7 Å². The highest BCUT2D eigenvalue weighted by Gasteiger charge is 2.15. The third-order valence-electron chi connectivity index (χ3n) is 4.44. The van der Waals surface area contributed by atoms with E-state index in [1.54, 1.807) is 24.3 Å². The van der Waals surface area contributed by atoms with Gasteiger partial charge in [-0.05, 0) is 43.5 Å². The molecular weight excluding hydrogens is 308 g/mol. The van der Waals surface area contributed by atoms with Gasteiger partial charge in [0.25, 0.3) is 0 Å². The Morgan fingerprint density at radius 3 is 2.52 bits per heavy atom. The van der Waals surface area contributed by atoms with Gasteiger partial charge in [0.2, 0.25) is 0 Å². The monoisotopic (exact) mass is 330 g/mol. The fraction of sp³-hybridized carbons (Fsp3) is 0.0909. The fourth-order valence-corrected chi connectivity index (χ4v) is 3.27. The molecule has 0 fully saturated rings. The lowest BCUT2D eigenvalue weighted by Crippen LogP contribution is -1.84. The van der Waals surface area contributed by atoms with Gasteiger partial charge in [0, 0.05) is 53.4 Å². The maximum atomic E-state index is 7.77. The Morgan fingerprint density at radius 1 is 0.800 bits per heavy atom. The first-order chi connectivity index (χ1) is 14.6. The van der Waals surface area contributed by atoms with E-state index < -0.39 is 13.7 Å². The summed E-state index contributed by atoms with van der Waals surface area (Å²) in [6, 6.07) is 14.2. The van der Waals surface area contributed by atoms with Crippen molar-refractivity contribution in [3.63, 3.8) is 0 Å². The van der Waals surface area contributed by atoms with Gasteiger partial charge in [-0.2, -0.15) is 0 Å². The van der Waals surface area contributed by atoms with Gasteiger partial charge in [-0.3, -0.25) is 9.97 Å². The first kappa shape index (κ1) is 9.33. The number of aromatic nitrogens is 2. The van der Waals surface area contributed by atoms with Crippen LogP contribution in [-0.4, -0.2) is 9.97 Å². The van der Waals surface area contributed by atoms with Crippen LogP contribution < -0.4 is 0 Å². The fourth-order valence-electron chi connectivity index (χ4n) is 3.27. The van der Waals surface area contributed by atoms with Crippen molar-refractivity contribution in [3.8, 4) is 11.3 Å². The zero-order chi connectivity index (χ0) is 22.0. The van der Waals surface area contributed by atoms with E-state index >= 15 is 0 Å². The van der Waals surface area contributed by atoms with Crippen LogP contribution in [0.2, 0.25) is 0 Å². The molecule has 5 aromatic rings. The zero-order valence-corrected chi connectivity index (χ0v) is 13.1. The van der Waals surface area contributed by atoms with Crippen molar-refractivity contribution in [2.75, 3.05) is 0 Å². The molecule has 0 radical (unpaired) electrons. The minimum absolute atomic E-state index is 0.0366. The summed E-state index contributed by atoms with van der Waals surface area (Å²) in [5.74, 6) is 0. The highest BCUT2D eigenvalue weighted by molar-refractivity contribution is 6.17. The van der Waals surface area contributed by atoms with Gasteiger partial charge >= 0.3 is 0 Å². The van der Waals surface area contributed by atoms with Crippen LogP contribution in [0.4, 0.5) is 0 Å². The number of hydrogen-bond acceptors (Lipinski definition) is 3. The molecule has 0 N–H and O–H groups in total. The van der Waals surface area contributed by atoms with E-state index in [-0.39, 0.29) is 11.3 Å². The second-order valence-electron chi connectivity index (χ2n) is 5.91. The number of aryl methyl sites for hydroxylation is 2. The normalized spacial score (nSPS) is 16.2. The number of furan rings is 1. The Bertz CT molecular complexity index is 1450. The smallest absolute Gasteiger partial charge is 0.144 e. The van der Waals surface area contributed by atoms with Crippen LogP contribution in [0.3, 0.4) is 0 Å². The Labute approximate surface area is 153 Å². The van der Waals surface area contributed by atoms with Crippen LogP contribution >= 0.6 is 0 Å². The molecule has 0 amide bonds. The minimum Gasteiger partial charge on any atom is -0.455 e. The van der Waals surface area contributed by atoms with Gasteiger partial charge in [0.05, 0.1) is 5.69 Å². The number of pyridine rings is 2. The molecule has 3 heteroatoms. The van der Waals surface area contributed by atoms with Crippen molar-refractivity contribution >= 4 is 32.7 Å². The molecule has 0 saturated carbocycles. The predicted molar refractivity (Wildman–Crippen MR) is 102 cm³/mol. The third kappa shape index (κ3) is 2.06. The molecule has 0 spiro atoms. The Hall–Kier alpha value is -3.20. The van der Waals surface area contributed by atoms with Gasteiger partial charge in [-0.15, -0.1) is 0 Å². The Morgan fingerprint density at radius 2 is 1.68 bits per heavy atom. The minimum atomic E-state index is -2.33. The number of fused-ring (bicyclic) bond motifs is 5. The summed E-state index contributed by atoms with van der Waals surface area (Å²) in [6.45, 7) is -4.55. The Balaban J connectivity index is 1.77. The highest BCUT2D eigenvalue weighted by Crippen LogP contribution is 2.38. The number of nitrogens with zero attached hydrogens (tertiary/aromatic N) is 2. The van der Waals surface area contributed by atoms with E-state index in [9.17, 15) is 0 Å². The van der Waals surface area contributed by atoms with Crippen LogP contribution in [0.15, 0.2) is 65.3 Å². The molecule has 0 aliphatic heterocycles. The van der Waals surface area contributed by atoms with E-state index in [2.05, 4.69) is 9.97 Å². The topological polar surface area (TPSA) is 38.9 Å². The summed E-state index contributed by atoms with van der Waals surface area (Å²) in [4.78, 5) is 8.41. The molecule has 25 heavy (non-hydrogen) atoms. The molecular formula is C22H16N2O. The van der Waals surface area contributed by atoms with E-state index in [4.69, 9.17) is 12.6 Å². The van der Waals surface area contributed by atoms with Crippen LogP contribution in [0.25, 0.3) is 44.0 Å². The van der Waals surface area contributed by atoms with E-state index in [1.165, 1.54) is 12.4 Å². The highest BCUT2D eigenvalue weighted by atomic mass is 16.3. The van der Waals surface area contributed by atoms with Crippen LogP contribution in [0.5, 0.6) is 0 Å². The zero-order valence-electron chi connectivity index (χ0n) is 19.1. The molecule has 0 atom stereocenters. The largest absolute Gasteiger partial charge is 0.455 e. The molecule has 0 bridgehead atoms. The van der Waals surface area contributed by atoms with Gasteiger partial charge in [0.1, 0.15) is 11.2 Å². The number of para-hydroxylation sites is 1. The van der Waals surface area contributed by atoms with Crippen LogP contribution in [0.1, 0.15) is 19.5 Å². The molecule has 0 unspecified atom stereocenters. The van der Waals surface area contributed by atoms with Gasteiger partial charge in [-0.1, -0.05) is 24.3 Å². The van der Waals surface area contributed by atoms with Crippen molar-refractivity contribution in [2.24, 2.45) is 0 Å². The number of rotatable bonds is 1. The van der Waals surface area contributed by atoms with Crippen molar-refractivity contribution in [3.05, 3.63) is 72.2 Å². The van der Waals surface area contributed by atoms with Gasteiger partial charge in [-0.25, -0.2) is 0 Å². The second kappa shape index (κ2) is 5.15. The first-order valence-corrected chi connectivity index (χ1v) is 7.85. The maximum absolute atomic E-state index is 7.77. The van der Waals surface area contributed by atoms with E-state index in [1.807, 2.05) is 24.3 Å². The molecule has 0 saturated heterocycles. The van der Waals surface area contributed by atoms with Crippen molar-refractivity contribution < 1.29 is 12.6 Å². The average molecular weight is 330 g/mol. The second-order valence-corrected chi connectivity index (χ2v) is 5.91. The van der Waals surface area contributed by atoms with Crippen molar-refractivity contribution in [1.82, 2.24) is 9.97 Å². The molecule has 2 aromatic carbocycles. The van der Waals surface area contributed by atoms with Crippen molar-refractivity contribution in [2.45, 2.75) is 13.7 Å². The average Bonchev–Trinajstić information content (AvgIpc) is 3.11. The predicted octanol–water partition coefficient (Wildman–Crippen LogP) is 5.81. The summed E-state index contributed by atoms with van der Waals surface area (Å²) in [5.41, 5.74) is 2.70. The summed E-state index contributed by atoms with van der Waals surface area (Å²) in [7, 11) is 0. The van der Waals surface area contributed by atoms with E-state index in [0.29, 0.717) is 27.6 Å². The summed E-state index contributed by atoms with van der Waals surface area (Å²) >= 11 is 0. The molecule has 120 valence electrons. The lowest BCUT2D eigenvalue weighted by molar-refractivity contribution is 0.673. The molecule has 0 aliphatic rings. The summed E-state index contributed by atoms with van der Waals surface area (Å²) in [6.07, 6.45) is 2.83. The van der Waals surface area contributed by atoms with E-state index in [0.717, 1.165) is 16.3 Å². The summed E-state index contributed by atoms with van der Waals surface area (Å²) < 4.78 is 52.1. The number of hydrogen-bond donors (Lipinski definition) is 0. The van der Waals surface area contributed by atoms with Crippen LogP contribution in [-0.2, 0) is 0 Å². The molecule has 3 nitrogen and oxygen atoms in total. The van der Waals surface area contributed by atoms with Gasteiger partial charge in [0.15, 0.2) is 0 Å². The first-order valence-electron chi connectivity index (χ1n) is 10.8. The Kier molecular flexibility index (Phi) is 1.92. The lowest BCUT2D eigenvalue weighted by Gasteiger charge is -2.02. The third-order valence-corrected chi connectivity index (χ3v) is 4.44.